The molecule has 2 aliphatic heterocycles. The molecular formula is C44H44N8O4. The third-order valence-electron chi connectivity index (χ3n) is 10.9. The van der Waals surface area contributed by atoms with Crippen LogP contribution in [0.4, 0.5) is 4.79 Å². The first-order valence-corrected chi connectivity index (χ1v) is 19.1. The van der Waals surface area contributed by atoms with E-state index in [9.17, 15) is 14.4 Å². The van der Waals surface area contributed by atoms with Crippen molar-refractivity contribution in [2.24, 2.45) is 0 Å². The van der Waals surface area contributed by atoms with Crippen molar-refractivity contribution in [2.75, 3.05) is 20.2 Å². The molecule has 0 bridgehead atoms. The molecule has 284 valence electrons. The molecule has 5 heterocycles. The topological polar surface area (TPSA) is 149 Å². The number of aromatic amines is 2. The fourth-order valence-corrected chi connectivity index (χ4v) is 8.01. The van der Waals surface area contributed by atoms with E-state index in [-0.39, 0.29) is 23.9 Å². The SMILES string of the molecule is COC(=O)N[C@@H](C(=O)N1CCC[C@H]1c1ncc(-c2ccc(-c3ccc(-c4cnc([C@@H]5CCCN5C(=O)Cc5cccnc5)[nH]4)cc3C)cc2)[nH]1)c1ccccc1. The van der Waals surface area contributed by atoms with Crippen molar-refractivity contribution in [1.29, 1.82) is 0 Å². The van der Waals surface area contributed by atoms with E-state index in [1.807, 2.05) is 59.8 Å². The standard InChI is InChI=1S/C44H44N8O4/c1-28-23-33(36-27-47-41(49-36)37-12-7-21-51(37)39(53)24-29-9-6-20-45-25-29)18-19-34(28)30-14-16-31(17-15-30)35-26-46-42(48-35)38-13-8-22-52(38)43(54)40(50-44(55)56-2)32-10-4-3-5-11-32/h3-6,9-11,14-20,23,25-27,37-38,40H,7-8,12-13,21-22,24H2,1-2H3,(H,46,48)(H,47,49)(H,50,55)/t37-,38-,40+/m0/s1. The Hall–Kier alpha value is -6.56. The van der Waals surface area contributed by atoms with Crippen LogP contribution in [0.2, 0.25) is 0 Å². The second kappa shape index (κ2) is 16.0. The summed E-state index contributed by atoms with van der Waals surface area (Å²) in [6.45, 7) is 3.40. The Balaban J connectivity index is 0.940. The Kier molecular flexibility index (Phi) is 10.4. The second-order valence-corrected chi connectivity index (χ2v) is 14.4. The average Bonchev–Trinajstić information content (AvgIpc) is 4.07. The summed E-state index contributed by atoms with van der Waals surface area (Å²) in [4.78, 5) is 63.6. The Morgan fingerprint density at radius 1 is 0.786 bits per heavy atom. The molecular weight excluding hydrogens is 705 g/mol. The van der Waals surface area contributed by atoms with Crippen LogP contribution in [0, 0.1) is 6.92 Å². The van der Waals surface area contributed by atoms with E-state index >= 15 is 0 Å². The number of amides is 3. The fourth-order valence-electron chi connectivity index (χ4n) is 8.01. The van der Waals surface area contributed by atoms with Gasteiger partial charge in [0.1, 0.15) is 17.7 Å². The van der Waals surface area contributed by atoms with Gasteiger partial charge in [0.2, 0.25) is 5.91 Å². The zero-order chi connectivity index (χ0) is 38.6. The van der Waals surface area contributed by atoms with Gasteiger partial charge in [-0.15, -0.1) is 0 Å². The Morgan fingerprint density at radius 2 is 1.43 bits per heavy atom. The number of imidazole rings is 2. The molecule has 0 unspecified atom stereocenters. The van der Waals surface area contributed by atoms with Gasteiger partial charge >= 0.3 is 6.09 Å². The van der Waals surface area contributed by atoms with Gasteiger partial charge in [-0.2, -0.15) is 0 Å². The average molecular weight is 749 g/mol. The van der Waals surface area contributed by atoms with Crippen LogP contribution in [0.1, 0.15) is 72.1 Å². The predicted octanol–water partition coefficient (Wildman–Crippen LogP) is 7.50. The molecule has 12 heteroatoms. The number of H-pyrrole nitrogens is 2. The maximum absolute atomic E-state index is 13.9. The van der Waals surface area contributed by atoms with E-state index in [1.54, 1.807) is 17.3 Å². The van der Waals surface area contributed by atoms with Crippen LogP contribution < -0.4 is 5.32 Å². The summed E-state index contributed by atoms with van der Waals surface area (Å²) < 4.78 is 4.83. The van der Waals surface area contributed by atoms with Crippen LogP contribution in [0.25, 0.3) is 33.6 Å². The largest absolute Gasteiger partial charge is 0.453 e. The monoisotopic (exact) mass is 748 g/mol. The molecule has 8 rings (SSSR count). The highest BCUT2D eigenvalue weighted by Crippen LogP contribution is 2.36. The van der Waals surface area contributed by atoms with Gasteiger partial charge in [-0.3, -0.25) is 14.6 Å². The van der Waals surface area contributed by atoms with Crippen LogP contribution in [0.3, 0.4) is 0 Å². The number of hydrogen-bond acceptors (Lipinski definition) is 7. The van der Waals surface area contributed by atoms with Gasteiger partial charge in [-0.05, 0) is 83.7 Å². The Morgan fingerprint density at radius 3 is 2.09 bits per heavy atom. The molecule has 2 aliphatic rings. The minimum Gasteiger partial charge on any atom is -0.453 e. The summed E-state index contributed by atoms with van der Waals surface area (Å²) in [5, 5.41) is 2.72. The van der Waals surface area contributed by atoms with Crippen molar-refractivity contribution in [3.05, 3.63) is 138 Å². The molecule has 0 spiro atoms. The minimum absolute atomic E-state index is 0.0697. The second-order valence-electron chi connectivity index (χ2n) is 14.4. The molecule has 0 saturated carbocycles. The van der Waals surface area contributed by atoms with Crippen molar-refractivity contribution in [3.8, 4) is 33.6 Å². The summed E-state index contributed by atoms with van der Waals surface area (Å²) in [6.07, 6.45) is 10.2. The normalized spacial score (nSPS) is 17.2. The number of nitrogens with one attached hydrogen (secondary N) is 3. The molecule has 12 nitrogen and oxygen atoms in total. The molecule has 3 aromatic carbocycles. The van der Waals surface area contributed by atoms with Crippen molar-refractivity contribution < 1.29 is 19.1 Å². The number of carbonyl (C=O) groups is 3. The maximum atomic E-state index is 13.9. The first-order chi connectivity index (χ1) is 27.4. The summed E-state index contributed by atoms with van der Waals surface area (Å²) in [5.41, 5.74) is 8.75. The highest BCUT2D eigenvalue weighted by atomic mass is 16.5. The Labute approximate surface area is 325 Å². The molecule has 3 atom stereocenters. The third kappa shape index (κ3) is 7.55. The van der Waals surface area contributed by atoms with Crippen LogP contribution in [0.15, 0.2) is 110 Å². The van der Waals surface area contributed by atoms with Crippen LogP contribution >= 0.6 is 0 Å². The van der Waals surface area contributed by atoms with Crippen molar-refractivity contribution >= 4 is 17.9 Å². The third-order valence-corrected chi connectivity index (χ3v) is 10.9. The lowest BCUT2D eigenvalue weighted by molar-refractivity contribution is -0.134. The number of aromatic nitrogens is 5. The van der Waals surface area contributed by atoms with Crippen LogP contribution in [-0.2, 0) is 20.7 Å². The highest BCUT2D eigenvalue weighted by Gasteiger charge is 2.37. The summed E-state index contributed by atoms with van der Waals surface area (Å²) in [7, 11) is 1.29. The van der Waals surface area contributed by atoms with Crippen LogP contribution in [-0.4, -0.2) is 72.8 Å². The molecule has 3 N–H and O–H groups in total. The summed E-state index contributed by atoms with van der Waals surface area (Å²) in [6, 6.07) is 26.6. The van der Waals surface area contributed by atoms with Crippen molar-refractivity contribution in [1.82, 2.24) is 40.0 Å². The van der Waals surface area contributed by atoms with Crippen LogP contribution in [0.5, 0.6) is 0 Å². The zero-order valence-corrected chi connectivity index (χ0v) is 31.4. The smallest absolute Gasteiger partial charge is 0.407 e. The fraction of sp³-hybridized carbons (Fsp3) is 0.273. The molecule has 56 heavy (non-hydrogen) atoms. The number of hydrogen-bond donors (Lipinski definition) is 3. The number of ether oxygens (including phenoxy) is 1. The molecule has 0 radical (unpaired) electrons. The van der Waals surface area contributed by atoms with E-state index in [0.29, 0.717) is 24.4 Å². The minimum atomic E-state index is -0.871. The highest BCUT2D eigenvalue weighted by molar-refractivity contribution is 5.87. The summed E-state index contributed by atoms with van der Waals surface area (Å²) >= 11 is 0. The van der Waals surface area contributed by atoms with Gasteiger partial charge in [0.05, 0.1) is 49.4 Å². The Bertz CT molecular complexity index is 2320. The lowest BCUT2D eigenvalue weighted by Gasteiger charge is -2.28. The molecule has 2 fully saturated rings. The summed E-state index contributed by atoms with van der Waals surface area (Å²) in [5.74, 6) is 1.42. The van der Waals surface area contributed by atoms with Crippen molar-refractivity contribution in [3.63, 3.8) is 0 Å². The predicted molar refractivity (Wildman–Crippen MR) is 212 cm³/mol. The number of alkyl carbamates (subject to hydrolysis) is 1. The lowest BCUT2D eigenvalue weighted by atomic mass is 9.96. The van der Waals surface area contributed by atoms with E-state index in [2.05, 4.69) is 69.7 Å². The van der Waals surface area contributed by atoms with E-state index in [4.69, 9.17) is 14.7 Å². The maximum Gasteiger partial charge on any atom is 0.407 e. The van der Waals surface area contributed by atoms with Gasteiger partial charge in [-0.1, -0.05) is 72.8 Å². The number of methoxy groups -OCH3 is 1. The number of nitrogens with zero attached hydrogens (tertiary/aromatic N) is 5. The first kappa shape index (κ1) is 36.4. The van der Waals surface area contributed by atoms with Gasteiger partial charge in [0.15, 0.2) is 0 Å². The number of carbonyl (C=O) groups excluding carboxylic acids is 3. The lowest BCUT2D eigenvalue weighted by Crippen LogP contribution is -2.42. The van der Waals surface area contributed by atoms with Gasteiger partial charge in [-0.25, -0.2) is 14.8 Å². The number of likely N-dealkylation sites (tertiary alicyclic amines) is 2. The van der Waals surface area contributed by atoms with Gasteiger partial charge < -0.3 is 29.8 Å². The number of rotatable bonds is 10. The van der Waals surface area contributed by atoms with Crippen molar-refractivity contribution in [2.45, 2.75) is 57.2 Å². The van der Waals surface area contributed by atoms with E-state index in [1.165, 1.54) is 7.11 Å². The van der Waals surface area contributed by atoms with Gasteiger partial charge in [0, 0.05) is 25.5 Å². The molecule has 2 saturated heterocycles. The number of benzene rings is 3. The number of aryl methyl sites for hydroxylation is 1. The van der Waals surface area contributed by atoms with Gasteiger partial charge in [0.25, 0.3) is 5.91 Å². The molecule has 3 aromatic heterocycles. The number of pyridine rings is 1. The molecule has 6 aromatic rings. The zero-order valence-electron chi connectivity index (χ0n) is 31.4. The quantitative estimate of drug-likeness (QED) is 0.131. The van der Waals surface area contributed by atoms with E-state index in [0.717, 1.165) is 82.8 Å². The first-order valence-electron chi connectivity index (χ1n) is 19.1. The molecule has 3 amide bonds. The van der Waals surface area contributed by atoms with E-state index < -0.39 is 12.1 Å². The molecule has 0 aliphatic carbocycles.